The summed E-state index contributed by atoms with van der Waals surface area (Å²) in [5, 5.41) is 3.75. The van der Waals surface area contributed by atoms with Crippen LogP contribution in [-0.2, 0) is 0 Å². The molecule has 3 aromatic rings. The number of hydrogen-bond donors (Lipinski definition) is 3. The number of nitrogens with one attached hydrogen (secondary N) is 2. The van der Waals surface area contributed by atoms with Gasteiger partial charge in [-0.25, -0.2) is 4.98 Å². The Labute approximate surface area is 202 Å². The van der Waals surface area contributed by atoms with E-state index in [1.165, 1.54) is 6.07 Å². The lowest BCUT2D eigenvalue weighted by atomic mass is 9.88. The number of likely N-dealkylation sites (tertiary alicyclic amines) is 1. The number of halogens is 2. The van der Waals surface area contributed by atoms with Gasteiger partial charge in [0.15, 0.2) is 0 Å². The first kappa shape index (κ1) is 23.5. The molecule has 1 aromatic heterocycles. The second-order valence-corrected chi connectivity index (χ2v) is 9.85. The standard InChI is InChI=1S/C24H27Cl2N5O2/c1-13(21-29-19-7-5-16(25)11-20(19)30-21)28-22(32)14-4-6-17(18(26)10-14)23(33)31-9-8-15(12-27)24(31,2)3/h4-7,10-11,13,15H,8-9,12,27H2,1-3H3,(H,28,32)(H,29,30)/t13-,15?/m0/s1. The fourth-order valence-corrected chi connectivity index (χ4v) is 4.87. The number of aromatic amines is 1. The fourth-order valence-electron chi connectivity index (χ4n) is 4.44. The van der Waals surface area contributed by atoms with Gasteiger partial charge in [-0.1, -0.05) is 23.2 Å². The Morgan fingerprint density at radius 3 is 2.70 bits per heavy atom. The summed E-state index contributed by atoms with van der Waals surface area (Å²) in [6.07, 6.45) is 0.860. The Bertz CT molecular complexity index is 1220. The van der Waals surface area contributed by atoms with Crippen molar-refractivity contribution in [1.82, 2.24) is 20.2 Å². The van der Waals surface area contributed by atoms with Crippen LogP contribution in [0.2, 0.25) is 10.0 Å². The molecule has 2 amide bonds. The van der Waals surface area contributed by atoms with Crippen molar-refractivity contribution in [3.05, 3.63) is 63.4 Å². The zero-order valence-electron chi connectivity index (χ0n) is 18.8. The number of imidazole rings is 1. The summed E-state index contributed by atoms with van der Waals surface area (Å²) in [6.45, 7) is 7.05. The van der Waals surface area contributed by atoms with E-state index in [0.717, 1.165) is 17.5 Å². The first-order valence-corrected chi connectivity index (χ1v) is 11.6. The predicted molar refractivity (Wildman–Crippen MR) is 131 cm³/mol. The van der Waals surface area contributed by atoms with E-state index >= 15 is 0 Å². The van der Waals surface area contributed by atoms with E-state index in [9.17, 15) is 9.59 Å². The molecule has 2 heterocycles. The lowest BCUT2D eigenvalue weighted by Gasteiger charge is -2.36. The summed E-state index contributed by atoms with van der Waals surface area (Å²) in [6, 6.07) is 9.76. The van der Waals surface area contributed by atoms with Crippen LogP contribution >= 0.6 is 23.2 Å². The van der Waals surface area contributed by atoms with Crippen LogP contribution in [0.15, 0.2) is 36.4 Å². The van der Waals surface area contributed by atoms with E-state index in [0.29, 0.717) is 35.1 Å². The zero-order valence-corrected chi connectivity index (χ0v) is 20.3. The number of amides is 2. The molecule has 9 heteroatoms. The highest BCUT2D eigenvalue weighted by atomic mass is 35.5. The van der Waals surface area contributed by atoms with Crippen LogP contribution in [0.4, 0.5) is 0 Å². The summed E-state index contributed by atoms with van der Waals surface area (Å²) in [5.41, 5.74) is 7.84. The van der Waals surface area contributed by atoms with Gasteiger partial charge < -0.3 is 20.9 Å². The quantitative estimate of drug-likeness (QED) is 0.490. The average Bonchev–Trinajstić information content (AvgIpc) is 3.32. The van der Waals surface area contributed by atoms with E-state index in [-0.39, 0.29) is 34.3 Å². The Morgan fingerprint density at radius 1 is 1.27 bits per heavy atom. The molecule has 2 atom stereocenters. The maximum absolute atomic E-state index is 13.2. The molecule has 33 heavy (non-hydrogen) atoms. The van der Waals surface area contributed by atoms with Gasteiger partial charge in [0, 0.05) is 22.7 Å². The topological polar surface area (TPSA) is 104 Å². The number of H-pyrrole nitrogens is 1. The number of aromatic nitrogens is 2. The van der Waals surface area contributed by atoms with Crippen molar-refractivity contribution in [3.63, 3.8) is 0 Å². The van der Waals surface area contributed by atoms with Gasteiger partial charge >= 0.3 is 0 Å². The highest BCUT2D eigenvalue weighted by Crippen LogP contribution is 2.36. The highest BCUT2D eigenvalue weighted by Gasteiger charge is 2.43. The molecular formula is C24H27Cl2N5O2. The Balaban J connectivity index is 1.49. The van der Waals surface area contributed by atoms with Crippen molar-refractivity contribution in [2.45, 2.75) is 38.8 Å². The summed E-state index contributed by atoms with van der Waals surface area (Å²) >= 11 is 12.5. The van der Waals surface area contributed by atoms with Crippen LogP contribution in [0.5, 0.6) is 0 Å². The molecule has 0 bridgehead atoms. The Morgan fingerprint density at radius 2 is 2.03 bits per heavy atom. The van der Waals surface area contributed by atoms with Crippen LogP contribution in [0.25, 0.3) is 11.0 Å². The van der Waals surface area contributed by atoms with Gasteiger partial charge in [0.2, 0.25) is 0 Å². The first-order valence-electron chi connectivity index (χ1n) is 10.9. The van der Waals surface area contributed by atoms with Crippen molar-refractivity contribution in [2.75, 3.05) is 13.1 Å². The van der Waals surface area contributed by atoms with Crippen LogP contribution in [-0.4, -0.2) is 45.3 Å². The molecule has 0 aliphatic carbocycles. The number of nitrogens with zero attached hydrogens (tertiary/aromatic N) is 2. The third-order valence-electron chi connectivity index (χ3n) is 6.61. The molecule has 1 unspecified atom stereocenters. The molecule has 1 saturated heterocycles. The molecule has 1 aliphatic heterocycles. The van der Waals surface area contributed by atoms with Crippen molar-refractivity contribution >= 4 is 46.0 Å². The summed E-state index contributed by atoms with van der Waals surface area (Å²) in [7, 11) is 0. The Kier molecular flexibility index (Phi) is 6.40. The van der Waals surface area contributed by atoms with Crippen LogP contribution in [0.3, 0.4) is 0 Å². The molecule has 4 rings (SSSR count). The fraction of sp³-hybridized carbons (Fsp3) is 0.375. The van der Waals surface area contributed by atoms with Gasteiger partial charge in [-0.2, -0.15) is 0 Å². The number of rotatable bonds is 5. The van der Waals surface area contributed by atoms with E-state index < -0.39 is 0 Å². The minimum Gasteiger partial charge on any atom is -0.342 e. The third kappa shape index (κ3) is 4.45. The van der Waals surface area contributed by atoms with Crippen molar-refractivity contribution < 1.29 is 9.59 Å². The second-order valence-electron chi connectivity index (χ2n) is 9.01. The molecule has 1 aliphatic rings. The van der Waals surface area contributed by atoms with Crippen molar-refractivity contribution in [1.29, 1.82) is 0 Å². The van der Waals surface area contributed by atoms with Crippen molar-refractivity contribution in [2.24, 2.45) is 11.7 Å². The normalized spacial score (nSPS) is 18.5. The monoisotopic (exact) mass is 487 g/mol. The van der Waals surface area contributed by atoms with E-state index in [2.05, 4.69) is 15.3 Å². The SMILES string of the molecule is C[C@H](NC(=O)c1ccc(C(=O)N2CCC(CN)C2(C)C)c(Cl)c1)c1nc2cc(Cl)ccc2[nH]1. The van der Waals surface area contributed by atoms with Gasteiger partial charge in [0.1, 0.15) is 5.82 Å². The molecule has 0 radical (unpaired) electrons. The minimum atomic E-state index is -0.373. The van der Waals surface area contributed by atoms with Crippen LogP contribution < -0.4 is 11.1 Å². The van der Waals surface area contributed by atoms with Crippen molar-refractivity contribution in [3.8, 4) is 0 Å². The number of hydrogen-bond acceptors (Lipinski definition) is 4. The minimum absolute atomic E-state index is 0.151. The lowest BCUT2D eigenvalue weighted by Crippen LogP contribution is -2.47. The van der Waals surface area contributed by atoms with Crippen LogP contribution in [0, 0.1) is 5.92 Å². The zero-order chi connectivity index (χ0) is 23.9. The molecule has 1 fully saturated rings. The van der Waals surface area contributed by atoms with Gasteiger partial charge in [-0.15, -0.1) is 0 Å². The number of carbonyl (C=O) groups is 2. The molecule has 174 valence electrons. The number of carbonyl (C=O) groups excluding carboxylic acids is 2. The largest absolute Gasteiger partial charge is 0.342 e. The lowest BCUT2D eigenvalue weighted by molar-refractivity contribution is 0.0606. The second kappa shape index (κ2) is 8.97. The van der Waals surface area contributed by atoms with Gasteiger partial charge in [0.05, 0.1) is 27.7 Å². The highest BCUT2D eigenvalue weighted by molar-refractivity contribution is 6.34. The average molecular weight is 488 g/mol. The number of nitrogens with two attached hydrogens (primary N) is 1. The molecule has 0 saturated carbocycles. The molecule has 4 N–H and O–H groups in total. The Hall–Kier alpha value is -2.61. The summed E-state index contributed by atoms with van der Waals surface area (Å²) in [4.78, 5) is 35.5. The number of benzene rings is 2. The van der Waals surface area contributed by atoms with Crippen LogP contribution in [0.1, 0.15) is 59.8 Å². The molecule has 2 aromatic carbocycles. The predicted octanol–water partition coefficient (Wildman–Crippen LogP) is 4.56. The van der Waals surface area contributed by atoms with Gasteiger partial charge in [0.25, 0.3) is 11.8 Å². The molecular weight excluding hydrogens is 461 g/mol. The first-order chi connectivity index (χ1) is 15.6. The van der Waals surface area contributed by atoms with Gasteiger partial charge in [-0.05, 0) is 76.1 Å². The maximum Gasteiger partial charge on any atom is 0.255 e. The number of fused-ring (bicyclic) bond motifs is 1. The van der Waals surface area contributed by atoms with E-state index in [1.807, 2.05) is 31.7 Å². The smallest absolute Gasteiger partial charge is 0.255 e. The molecule has 0 spiro atoms. The van der Waals surface area contributed by atoms with E-state index in [1.54, 1.807) is 24.3 Å². The summed E-state index contributed by atoms with van der Waals surface area (Å²) < 4.78 is 0. The van der Waals surface area contributed by atoms with Gasteiger partial charge in [-0.3, -0.25) is 9.59 Å². The van der Waals surface area contributed by atoms with E-state index in [4.69, 9.17) is 28.9 Å². The maximum atomic E-state index is 13.2. The summed E-state index contributed by atoms with van der Waals surface area (Å²) in [5.74, 6) is 0.388. The molecule has 7 nitrogen and oxygen atoms in total. The third-order valence-corrected chi connectivity index (χ3v) is 7.16.